The summed E-state index contributed by atoms with van der Waals surface area (Å²) in [5.74, 6) is -0.278. The molecule has 0 radical (unpaired) electrons. The van der Waals surface area contributed by atoms with E-state index in [-0.39, 0.29) is 17.9 Å². The number of aliphatic carboxylic acids is 1. The zero-order valence-corrected chi connectivity index (χ0v) is 14.8. The second kappa shape index (κ2) is 7.69. The first kappa shape index (κ1) is 18.3. The Labute approximate surface area is 143 Å². The fraction of sp³-hybridized carbons (Fsp3) is 0.579. The largest absolute Gasteiger partial charge is 0.481 e. The van der Waals surface area contributed by atoms with Gasteiger partial charge in [0.25, 0.3) is 5.91 Å². The standard InChI is InChI=1S/C19H27NO4/c1-11(2)16-8-5-12(3)9-17(16)24-13(4)18(21)20-15-7-6-14(10-15)19(22)23/h5,8-9,11,13-15H,6-7,10H2,1-4H3,(H,20,21)(H,22,23)/t13?,14-,15+/m0/s1. The van der Waals surface area contributed by atoms with Gasteiger partial charge in [-0.05, 0) is 56.2 Å². The molecule has 2 rings (SSSR count). The Hall–Kier alpha value is -2.04. The molecular formula is C19H27NO4. The molecule has 1 fully saturated rings. The highest BCUT2D eigenvalue weighted by molar-refractivity contribution is 5.81. The Kier molecular flexibility index (Phi) is 5.86. The minimum atomic E-state index is -0.780. The highest BCUT2D eigenvalue weighted by Crippen LogP contribution is 2.29. The van der Waals surface area contributed by atoms with E-state index in [0.29, 0.717) is 25.2 Å². The average molecular weight is 333 g/mol. The maximum atomic E-state index is 12.4. The summed E-state index contributed by atoms with van der Waals surface area (Å²) >= 11 is 0. The van der Waals surface area contributed by atoms with Crippen molar-refractivity contribution in [2.24, 2.45) is 5.92 Å². The van der Waals surface area contributed by atoms with E-state index in [1.807, 2.05) is 25.1 Å². The van der Waals surface area contributed by atoms with Crippen LogP contribution in [0.5, 0.6) is 5.75 Å². The lowest BCUT2D eigenvalue weighted by atomic mass is 10.0. The van der Waals surface area contributed by atoms with Crippen molar-refractivity contribution in [3.63, 3.8) is 0 Å². The number of carboxylic acids is 1. The molecular weight excluding hydrogens is 306 g/mol. The summed E-state index contributed by atoms with van der Waals surface area (Å²) in [6, 6.07) is 5.95. The number of hydrogen-bond donors (Lipinski definition) is 2. The molecule has 0 aliphatic heterocycles. The van der Waals surface area contributed by atoms with Crippen LogP contribution in [0.3, 0.4) is 0 Å². The Morgan fingerprint density at radius 3 is 2.54 bits per heavy atom. The highest BCUT2D eigenvalue weighted by Gasteiger charge is 2.31. The Bertz CT molecular complexity index is 611. The number of carboxylic acid groups (broad SMARTS) is 1. The Balaban J connectivity index is 1.97. The molecule has 1 aromatic carbocycles. The molecule has 1 amide bonds. The first-order chi connectivity index (χ1) is 11.3. The predicted molar refractivity (Wildman–Crippen MR) is 92.3 cm³/mol. The average Bonchev–Trinajstić information content (AvgIpc) is 2.95. The van der Waals surface area contributed by atoms with Crippen LogP contribution in [0.25, 0.3) is 0 Å². The van der Waals surface area contributed by atoms with Gasteiger partial charge in [-0.3, -0.25) is 9.59 Å². The van der Waals surface area contributed by atoms with E-state index in [0.717, 1.165) is 16.9 Å². The Morgan fingerprint density at radius 2 is 1.96 bits per heavy atom. The molecule has 24 heavy (non-hydrogen) atoms. The fourth-order valence-electron chi connectivity index (χ4n) is 3.12. The first-order valence-electron chi connectivity index (χ1n) is 8.58. The molecule has 5 heteroatoms. The molecule has 3 atom stereocenters. The van der Waals surface area contributed by atoms with Crippen molar-refractivity contribution in [3.8, 4) is 5.75 Å². The number of amides is 1. The maximum Gasteiger partial charge on any atom is 0.306 e. The third-order valence-electron chi connectivity index (χ3n) is 4.59. The lowest BCUT2D eigenvalue weighted by Crippen LogP contribution is -2.41. The molecule has 1 saturated carbocycles. The number of aryl methyl sites for hydroxylation is 1. The minimum Gasteiger partial charge on any atom is -0.481 e. The van der Waals surface area contributed by atoms with Crippen molar-refractivity contribution >= 4 is 11.9 Å². The van der Waals surface area contributed by atoms with Crippen molar-refractivity contribution in [1.29, 1.82) is 0 Å². The van der Waals surface area contributed by atoms with Gasteiger partial charge in [0.15, 0.2) is 6.10 Å². The molecule has 0 aromatic heterocycles. The molecule has 0 heterocycles. The SMILES string of the molecule is Cc1ccc(C(C)C)c(OC(C)C(=O)N[C@@H]2CC[C@H](C(=O)O)C2)c1. The van der Waals surface area contributed by atoms with E-state index < -0.39 is 12.1 Å². The number of carbonyl (C=O) groups is 2. The Morgan fingerprint density at radius 1 is 1.25 bits per heavy atom. The first-order valence-corrected chi connectivity index (χ1v) is 8.58. The van der Waals surface area contributed by atoms with Crippen LogP contribution in [0.2, 0.25) is 0 Å². The summed E-state index contributed by atoms with van der Waals surface area (Å²) in [6.07, 6.45) is 1.20. The molecule has 0 bridgehead atoms. The molecule has 2 N–H and O–H groups in total. The fourth-order valence-corrected chi connectivity index (χ4v) is 3.12. The van der Waals surface area contributed by atoms with Crippen LogP contribution in [0.1, 0.15) is 57.1 Å². The van der Waals surface area contributed by atoms with Gasteiger partial charge in [-0.15, -0.1) is 0 Å². The minimum absolute atomic E-state index is 0.0771. The van der Waals surface area contributed by atoms with E-state index in [1.165, 1.54) is 0 Å². The zero-order valence-electron chi connectivity index (χ0n) is 14.8. The molecule has 1 aliphatic rings. The van der Waals surface area contributed by atoms with Crippen molar-refractivity contribution in [2.75, 3.05) is 0 Å². The molecule has 132 valence electrons. The lowest BCUT2D eigenvalue weighted by Gasteiger charge is -2.21. The molecule has 1 aliphatic carbocycles. The topological polar surface area (TPSA) is 75.6 Å². The number of hydrogen-bond acceptors (Lipinski definition) is 3. The van der Waals surface area contributed by atoms with Gasteiger partial charge in [-0.1, -0.05) is 26.0 Å². The summed E-state index contributed by atoms with van der Waals surface area (Å²) in [4.78, 5) is 23.4. The number of nitrogens with one attached hydrogen (secondary N) is 1. The van der Waals surface area contributed by atoms with Gasteiger partial charge in [-0.25, -0.2) is 0 Å². The number of rotatable bonds is 6. The van der Waals surface area contributed by atoms with E-state index in [9.17, 15) is 9.59 Å². The third kappa shape index (κ3) is 4.49. The normalized spacial score (nSPS) is 21.5. The van der Waals surface area contributed by atoms with Crippen molar-refractivity contribution in [2.45, 2.75) is 65.0 Å². The zero-order chi connectivity index (χ0) is 17.9. The summed E-state index contributed by atoms with van der Waals surface area (Å²) in [5.41, 5.74) is 2.16. The quantitative estimate of drug-likeness (QED) is 0.838. The van der Waals surface area contributed by atoms with Gasteiger partial charge in [0.05, 0.1) is 5.92 Å². The smallest absolute Gasteiger partial charge is 0.306 e. The second-order valence-corrected chi connectivity index (χ2v) is 7.01. The molecule has 1 unspecified atom stereocenters. The molecule has 0 saturated heterocycles. The van der Waals surface area contributed by atoms with Gasteiger partial charge < -0.3 is 15.2 Å². The van der Waals surface area contributed by atoms with Crippen molar-refractivity contribution in [3.05, 3.63) is 29.3 Å². The third-order valence-corrected chi connectivity index (χ3v) is 4.59. The van der Waals surface area contributed by atoms with Crippen LogP contribution in [-0.4, -0.2) is 29.1 Å². The van der Waals surface area contributed by atoms with Crippen molar-refractivity contribution < 1.29 is 19.4 Å². The van der Waals surface area contributed by atoms with Crippen LogP contribution in [0.15, 0.2) is 18.2 Å². The summed E-state index contributed by atoms with van der Waals surface area (Å²) < 4.78 is 5.91. The van der Waals surface area contributed by atoms with Crippen LogP contribution < -0.4 is 10.1 Å². The van der Waals surface area contributed by atoms with Crippen LogP contribution in [0.4, 0.5) is 0 Å². The number of ether oxygens (including phenoxy) is 1. The summed E-state index contributed by atoms with van der Waals surface area (Å²) in [5, 5.41) is 12.0. The number of benzene rings is 1. The van der Waals surface area contributed by atoms with Gasteiger partial charge in [0, 0.05) is 6.04 Å². The maximum absolute atomic E-state index is 12.4. The van der Waals surface area contributed by atoms with Gasteiger partial charge in [0.1, 0.15) is 5.75 Å². The van der Waals surface area contributed by atoms with E-state index >= 15 is 0 Å². The molecule has 1 aromatic rings. The van der Waals surface area contributed by atoms with Crippen LogP contribution in [-0.2, 0) is 9.59 Å². The van der Waals surface area contributed by atoms with Gasteiger partial charge in [-0.2, -0.15) is 0 Å². The van der Waals surface area contributed by atoms with E-state index in [4.69, 9.17) is 9.84 Å². The second-order valence-electron chi connectivity index (χ2n) is 7.01. The lowest BCUT2D eigenvalue weighted by molar-refractivity contribution is -0.141. The van der Waals surface area contributed by atoms with E-state index in [1.54, 1.807) is 6.92 Å². The summed E-state index contributed by atoms with van der Waals surface area (Å²) in [7, 11) is 0. The van der Waals surface area contributed by atoms with Gasteiger partial charge in [0.2, 0.25) is 0 Å². The summed E-state index contributed by atoms with van der Waals surface area (Å²) in [6.45, 7) is 7.90. The van der Waals surface area contributed by atoms with Crippen molar-refractivity contribution in [1.82, 2.24) is 5.32 Å². The van der Waals surface area contributed by atoms with Crippen LogP contribution in [0, 0.1) is 12.8 Å². The van der Waals surface area contributed by atoms with E-state index in [2.05, 4.69) is 19.2 Å². The highest BCUT2D eigenvalue weighted by atomic mass is 16.5. The molecule has 0 spiro atoms. The predicted octanol–water partition coefficient (Wildman–Crippen LogP) is 3.26. The van der Waals surface area contributed by atoms with Crippen LogP contribution >= 0.6 is 0 Å². The molecule has 5 nitrogen and oxygen atoms in total. The van der Waals surface area contributed by atoms with Gasteiger partial charge >= 0.3 is 5.97 Å². The number of carbonyl (C=O) groups excluding carboxylic acids is 1. The monoisotopic (exact) mass is 333 g/mol.